The summed E-state index contributed by atoms with van der Waals surface area (Å²) < 4.78 is 16.6. The molecule has 8 heteroatoms. The third kappa shape index (κ3) is 1.34. The molecule has 0 bridgehead atoms. The van der Waals surface area contributed by atoms with E-state index in [0.29, 0.717) is 16.7 Å². The van der Waals surface area contributed by atoms with Gasteiger partial charge in [0.15, 0.2) is 0 Å². The van der Waals surface area contributed by atoms with E-state index in [9.17, 15) is 4.79 Å². The van der Waals surface area contributed by atoms with Crippen LogP contribution in [0.15, 0.2) is 6.07 Å². The van der Waals surface area contributed by atoms with Crippen molar-refractivity contribution in [3.63, 3.8) is 0 Å². The topological polar surface area (TPSA) is 80.7 Å². The Morgan fingerprint density at radius 3 is 2.62 bits per heavy atom. The molecule has 0 saturated carbocycles. The van der Waals surface area contributed by atoms with E-state index < -0.39 is 0 Å². The summed E-state index contributed by atoms with van der Waals surface area (Å²) in [6.45, 7) is 1.45. The van der Waals surface area contributed by atoms with Gasteiger partial charge in [0.05, 0.1) is 29.1 Å². The first-order chi connectivity index (χ1) is 7.75. The highest BCUT2D eigenvalue weighted by Gasteiger charge is 2.13. The highest BCUT2D eigenvalue weighted by Crippen LogP contribution is 2.29. The molecule has 0 aliphatic rings. The minimum Gasteiger partial charge on any atom is -0.324 e. The Bertz CT molecular complexity index is 688. The number of rotatable bonds is 1. The van der Waals surface area contributed by atoms with Crippen molar-refractivity contribution in [3.8, 4) is 0 Å². The smallest absolute Gasteiger partial charge is 0.221 e. The molecular weight excluding hydrogens is 246 g/mol. The van der Waals surface area contributed by atoms with E-state index in [4.69, 9.17) is 0 Å². The number of hydrogen-bond donors (Lipinski definition) is 1. The van der Waals surface area contributed by atoms with Crippen LogP contribution in [0.2, 0.25) is 0 Å². The van der Waals surface area contributed by atoms with Gasteiger partial charge in [0.2, 0.25) is 5.91 Å². The normalized spacial score (nSPS) is 11.1. The highest BCUT2D eigenvalue weighted by molar-refractivity contribution is 7.01. The molecule has 0 unspecified atom stereocenters. The number of nitrogens with zero attached hydrogens (tertiary/aromatic N) is 4. The first kappa shape index (κ1) is 9.55. The molecule has 6 nitrogen and oxygen atoms in total. The molecule has 2 heterocycles. The van der Waals surface area contributed by atoms with Gasteiger partial charge in [-0.3, -0.25) is 4.79 Å². The molecule has 0 atom stereocenters. The fourth-order valence-electron chi connectivity index (χ4n) is 1.47. The Labute approximate surface area is 98.0 Å². The maximum atomic E-state index is 11.1. The lowest BCUT2D eigenvalue weighted by atomic mass is 10.2. The SMILES string of the molecule is CC(=O)Nc1cc2nsnc2c2nsnc12. The third-order valence-electron chi connectivity index (χ3n) is 2.07. The van der Waals surface area contributed by atoms with Gasteiger partial charge >= 0.3 is 0 Å². The molecule has 80 valence electrons. The van der Waals surface area contributed by atoms with Crippen LogP contribution in [0.1, 0.15) is 6.92 Å². The van der Waals surface area contributed by atoms with Crippen molar-refractivity contribution in [2.24, 2.45) is 0 Å². The molecule has 1 N–H and O–H groups in total. The van der Waals surface area contributed by atoms with Crippen molar-refractivity contribution >= 4 is 57.1 Å². The molecule has 16 heavy (non-hydrogen) atoms. The molecular formula is C8H5N5OS2. The quantitative estimate of drug-likeness (QED) is 0.711. The van der Waals surface area contributed by atoms with Gasteiger partial charge in [-0.2, -0.15) is 17.5 Å². The van der Waals surface area contributed by atoms with Crippen LogP contribution in [0, 0.1) is 0 Å². The highest BCUT2D eigenvalue weighted by atomic mass is 32.1. The zero-order valence-electron chi connectivity index (χ0n) is 8.09. The Hall–Kier alpha value is -1.67. The number of nitrogens with one attached hydrogen (secondary N) is 1. The molecule has 0 fully saturated rings. The van der Waals surface area contributed by atoms with Gasteiger partial charge in [0.1, 0.15) is 22.1 Å². The van der Waals surface area contributed by atoms with Crippen molar-refractivity contribution in [1.82, 2.24) is 17.5 Å². The molecule has 3 rings (SSSR count). The van der Waals surface area contributed by atoms with Gasteiger partial charge in [-0.15, -0.1) is 0 Å². The monoisotopic (exact) mass is 251 g/mol. The van der Waals surface area contributed by atoms with Crippen LogP contribution < -0.4 is 5.32 Å². The summed E-state index contributed by atoms with van der Waals surface area (Å²) in [5.74, 6) is -0.142. The van der Waals surface area contributed by atoms with Crippen molar-refractivity contribution in [2.45, 2.75) is 6.92 Å². The first-order valence-electron chi connectivity index (χ1n) is 4.41. The number of amides is 1. The molecule has 0 radical (unpaired) electrons. The minimum absolute atomic E-state index is 0.142. The molecule has 0 aliphatic heterocycles. The van der Waals surface area contributed by atoms with Crippen LogP contribution in [0.25, 0.3) is 22.1 Å². The Balaban J connectivity index is 2.38. The van der Waals surface area contributed by atoms with E-state index >= 15 is 0 Å². The van der Waals surface area contributed by atoms with Crippen molar-refractivity contribution in [1.29, 1.82) is 0 Å². The van der Waals surface area contributed by atoms with E-state index in [1.54, 1.807) is 6.07 Å². The average molecular weight is 251 g/mol. The number of benzene rings is 1. The second kappa shape index (κ2) is 3.42. The summed E-state index contributed by atoms with van der Waals surface area (Å²) in [4.78, 5) is 11.1. The standard InChI is InChI=1S/C8H5N5OS2/c1-3(14)9-4-2-5-7(12-15-10-5)8-6(4)11-16-13-8/h2H,1H3,(H,9,14). The fourth-order valence-corrected chi connectivity index (χ4v) is 2.56. The number of aromatic nitrogens is 4. The van der Waals surface area contributed by atoms with Crippen LogP contribution in [0.4, 0.5) is 5.69 Å². The third-order valence-corrected chi connectivity index (χ3v) is 3.14. The molecule has 1 amide bonds. The van der Waals surface area contributed by atoms with Crippen LogP contribution in [-0.2, 0) is 4.79 Å². The second-order valence-corrected chi connectivity index (χ2v) is 4.26. The number of carbonyl (C=O) groups excluding carboxylic acids is 1. The molecule has 0 spiro atoms. The van der Waals surface area contributed by atoms with Crippen molar-refractivity contribution in [3.05, 3.63) is 6.07 Å². The van der Waals surface area contributed by atoms with E-state index in [-0.39, 0.29) is 5.91 Å². The zero-order valence-corrected chi connectivity index (χ0v) is 9.72. The van der Waals surface area contributed by atoms with E-state index in [1.807, 2.05) is 0 Å². The van der Waals surface area contributed by atoms with E-state index in [0.717, 1.165) is 34.5 Å². The van der Waals surface area contributed by atoms with E-state index in [1.165, 1.54) is 6.92 Å². The summed E-state index contributed by atoms with van der Waals surface area (Å²) in [5, 5.41) is 2.72. The number of carbonyl (C=O) groups is 1. The Morgan fingerprint density at radius 1 is 1.12 bits per heavy atom. The minimum atomic E-state index is -0.142. The van der Waals surface area contributed by atoms with Crippen LogP contribution in [0.3, 0.4) is 0 Å². The number of fused-ring (bicyclic) bond motifs is 3. The number of anilines is 1. The first-order valence-corrected chi connectivity index (χ1v) is 5.87. The van der Waals surface area contributed by atoms with Gasteiger partial charge in [-0.1, -0.05) is 0 Å². The second-order valence-electron chi connectivity index (χ2n) is 3.20. The molecule has 0 saturated heterocycles. The molecule has 1 aromatic carbocycles. The van der Waals surface area contributed by atoms with Gasteiger partial charge in [0.25, 0.3) is 0 Å². The van der Waals surface area contributed by atoms with Crippen LogP contribution >= 0.6 is 23.5 Å². The van der Waals surface area contributed by atoms with Crippen LogP contribution in [0.5, 0.6) is 0 Å². The molecule has 3 aromatic rings. The van der Waals surface area contributed by atoms with Gasteiger partial charge < -0.3 is 5.32 Å². The largest absolute Gasteiger partial charge is 0.324 e. The Morgan fingerprint density at radius 2 is 1.81 bits per heavy atom. The lowest BCUT2D eigenvalue weighted by Crippen LogP contribution is -2.06. The zero-order chi connectivity index (χ0) is 11.1. The lowest BCUT2D eigenvalue weighted by Gasteiger charge is -2.01. The van der Waals surface area contributed by atoms with Crippen molar-refractivity contribution < 1.29 is 4.79 Å². The van der Waals surface area contributed by atoms with Gasteiger partial charge in [-0.05, 0) is 6.07 Å². The van der Waals surface area contributed by atoms with Gasteiger partial charge in [0, 0.05) is 6.92 Å². The maximum absolute atomic E-state index is 11.1. The average Bonchev–Trinajstić information content (AvgIpc) is 2.82. The summed E-state index contributed by atoms with van der Waals surface area (Å²) in [6.07, 6.45) is 0. The maximum Gasteiger partial charge on any atom is 0.221 e. The lowest BCUT2D eigenvalue weighted by molar-refractivity contribution is -0.114. The van der Waals surface area contributed by atoms with Crippen LogP contribution in [-0.4, -0.2) is 23.4 Å². The predicted octanol–water partition coefficient (Wildman–Crippen LogP) is 1.65. The van der Waals surface area contributed by atoms with E-state index in [2.05, 4.69) is 22.8 Å². The summed E-state index contributed by atoms with van der Waals surface area (Å²) in [6, 6.07) is 1.77. The summed E-state index contributed by atoms with van der Waals surface area (Å²) in [7, 11) is 0. The van der Waals surface area contributed by atoms with Crippen molar-refractivity contribution in [2.75, 3.05) is 5.32 Å². The number of hydrogen-bond acceptors (Lipinski definition) is 7. The molecule has 2 aromatic heterocycles. The Kier molecular flexibility index (Phi) is 2.04. The predicted molar refractivity (Wildman–Crippen MR) is 62.7 cm³/mol. The van der Waals surface area contributed by atoms with Gasteiger partial charge in [-0.25, -0.2) is 0 Å². The molecule has 0 aliphatic carbocycles. The fraction of sp³-hybridized carbons (Fsp3) is 0.125. The summed E-state index contributed by atoms with van der Waals surface area (Å²) >= 11 is 2.22. The summed E-state index contributed by atoms with van der Waals surface area (Å²) in [5.41, 5.74) is 3.47.